The molecule has 0 spiro atoms. The van der Waals surface area contributed by atoms with Gasteiger partial charge >= 0.3 is 0 Å². The molecule has 0 unspecified atom stereocenters. The van der Waals surface area contributed by atoms with E-state index in [1.807, 2.05) is 62.4 Å². The Balaban J connectivity index is 1.80. The normalized spacial score (nSPS) is 18.1. The lowest BCUT2D eigenvalue weighted by Crippen LogP contribution is -2.76. The number of pyridine rings is 1. The lowest BCUT2D eigenvalue weighted by molar-refractivity contribution is -0.660. The average Bonchev–Trinajstić information content (AvgIpc) is 3.02. The van der Waals surface area contributed by atoms with E-state index in [2.05, 4.69) is 0 Å². The molecule has 0 amide bonds. The molecule has 0 fully saturated rings. The number of hydrogen-bond donors (Lipinski definition) is 0. The Bertz CT molecular complexity index is 2180. The zero-order valence-electron chi connectivity index (χ0n) is 35.2. The molecule has 40 heavy (non-hydrogen) atoms. The minimum Gasteiger partial charge on any atom is -0.201 e. The van der Waals surface area contributed by atoms with Gasteiger partial charge in [0, 0.05) is 33.6 Å². The summed E-state index contributed by atoms with van der Waals surface area (Å²) in [5, 5.41) is 0. The smallest absolute Gasteiger partial charge is 0.201 e. The van der Waals surface area contributed by atoms with Crippen molar-refractivity contribution in [3.05, 3.63) is 124 Å². The zero-order valence-corrected chi connectivity index (χ0v) is 23.2. The highest BCUT2D eigenvalue weighted by molar-refractivity contribution is 7.11. The third kappa shape index (κ3) is 4.15. The molecule has 6 rings (SSSR count). The first-order valence-corrected chi connectivity index (χ1v) is 13.5. The highest BCUT2D eigenvalue weighted by atomic mass is 14.9. The summed E-state index contributed by atoms with van der Waals surface area (Å²) in [5.74, 6) is 0. The maximum atomic E-state index is 8.57. The highest BCUT2D eigenvalue weighted by Gasteiger charge is 2.41. The molecular formula is C37H38B2N+. The molecule has 5 aromatic rings. The maximum absolute atomic E-state index is 8.57. The Morgan fingerprint density at radius 3 is 1.62 bits per heavy atom. The van der Waals surface area contributed by atoms with Crippen LogP contribution in [0.15, 0.2) is 85.1 Å². The minimum absolute atomic E-state index is 0.0741. The molecule has 0 aliphatic carbocycles. The van der Waals surface area contributed by atoms with Crippen molar-refractivity contribution in [2.24, 2.45) is 7.05 Å². The first-order chi connectivity index (χ1) is 24.0. The quantitative estimate of drug-likeness (QED) is 0.243. The van der Waals surface area contributed by atoms with Gasteiger partial charge < -0.3 is 0 Å². The van der Waals surface area contributed by atoms with Crippen LogP contribution in [-0.4, -0.2) is 13.4 Å². The first-order valence-electron chi connectivity index (χ1n) is 19.5. The third-order valence-electron chi connectivity index (χ3n) is 8.43. The average molecular weight is 530 g/mol. The van der Waals surface area contributed by atoms with Crippen LogP contribution in [-0.2, 0) is 7.05 Å². The van der Waals surface area contributed by atoms with Gasteiger partial charge in [-0.2, -0.15) is 0 Å². The molecule has 0 radical (unpaired) electrons. The predicted octanol–water partition coefficient (Wildman–Crippen LogP) is 3.68. The predicted molar refractivity (Wildman–Crippen MR) is 175 cm³/mol. The van der Waals surface area contributed by atoms with E-state index in [4.69, 9.17) is 16.4 Å². The van der Waals surface area contributed by atoms with Gasteiger partial charge in [-0.1, -0.05) is 128 Å². The van der Waals surface area contributed by atoms with Gasteiger partial charge in [-0.15, -0.1) is 0 Å². The SMILES string of the molecule is [2H]C([2H])([2H])c1c[n+](C)c(-c2cc3c(cc2C)B(c2c(C)cccc2C([2H])([2H])[2H])c2ccccc2B3c2c(C([2H])([2H])[2H])cccc2C([2H])([2H])[2H])cc1C. The molecule has 0 saturated heterocycles. The standard InChI is InChI=1S/C37H38B2N/c1-23-13-11-14-24(2)36(23)38-31-17-9-10-18-32(31)39(37-25(3)15-12-16-26(37)4)34-21-30(28(6)19-33(34)38)35-20-27(5)29(7)22-40(35)8/h9-22H,1-8H3/q+1/i1D3,3D3,4D3,7D3. The van der Waals surface area contributed by atoms with E-state index in [0.29, 0.717) is 27.6 Å². The number of aryl methyl sites for hydroxylation is 8. The van der Waals surface area contributed by atoms with E-state index in [9.17, 15) is 0 Å². The van der Waals surface area contributed by atoms with Gasteiger partial charge in [-0.05, 0) is 59.3 Å². The number of hydrogen-bond acceptors (Lipinski definition) is 0. The van der Waals surface area contributed by atoms with Crippen molar-refractivity contribution in [2.75, 3.05) is 0 Å². The van der Waals surface area contributed by atoms with Gasteiger partial charge in [0.1, 0.15) is 7.05 Å². The van der Waals surface area contributed by atoms with Crippen LogP contribution in [0, 0.1) is 48.2 Å². The Labute approximate surface area is 258 Å². The highest BCUT2D eigenvalue weighted by Crippen LogP contribution is 2.22. The van der Waals surface area contributed by atoms with E-state index in [1.54, 1.807) is 36.9 Å². The summed E-state index contributed by atoms with van der Waals surface area (Å²) < 4.78 is 103. The Kier molecular flexibility index (Phi) is 3.94. The van der Waals surface area contributed by atoms with Crippen LogP contribution in [0.2, 0.25) is 0 Å². The summed E-state index contributed by atoms with van der Waals surface area (Å²) in [6.45, 7) is -5.97. The summed E-state index contributed by atoms with van der Waals surface area (Å²) in [5.41, 5.74) is 7.48. The number of benzene rings is 4. The van der Waals surface area contributed by atoms with Gasteiger partial charge in [-0.3, -0.25) is 0 Å². The molecule has 196 valence electrons. The number of rotatable bonds is 3. The molecule has 3 heteroatoms. The molecule has 2 heterocycles. The first kappa shape index (κ1) is 15.8. The summed E-state index contributed by atoms with van der Waals surface area (Å²) in [7, 11) is 1.77. The van der Waals surface area contributed by atoms with Gasteiger partial charge in [0.05, 0.1) is 0 Å². The summed E-state index contributed by atoms with van der Waals surface area (Å²) in [6.07, 6.45) is 1.60. The fourth-order valence-corrected chi connectivity index (χ4v) is 6.47. The van der Waals surface area contributed by atoms with Crippen molar-refractivity contribution < 1.29 is 21.0 Å². The van der Waals surface area contributed by atoms with E-state index in [0.717, 1.165) is 27.6 Å². The van der Waals surface area contributed by atoms with Crippen LogP contribution < -0.4 is 37.3 Å². The molecule has 0 saturated carbocycles. The lowest BCUT2D eigenvalue weighted by Gasteiger charge is -2.35. The molecule has 0 bridgehead atoms. The minimum atomic E-state index is -2.66. The van der Waals surface area contributed by atoms with E-state index in [-0.39, 0.29) is 27.7 Å². The second-order valence-electron chi connectivity index (χ2n) is 11.0. The fraction of sp³-hybridized carbons (Fsp3) is 0.216. The second kappa shape index (κ2) is 9.97. The summed E-state index contributed by atoms with van der Waals surface area (Å²) in [4.78, 5) is 0. The Morgan fingerprint density at radius 2 is 1.05 bits per heavy atom. The largest absolute Gasteiger partial charge is 0.240 e. The summed E-state index contributed by atoms with van der Waals surface area (Å²) >= 11 is 0. The number of aromatic nitrogens is 1. The van der Waals surface area contributed by atoms with Crippen LogP contribution in [0.5, 0.6) is 0 Å². The molecule has 1 nitrogen and oxygen atoms in total. The fourth-order valence-electron chi connectivity index (χ4n) is 6.47. The van der Waals surface area contributed by atoms with Gasteiger partial charge in [0.25, 0.3) is 0 Å². The molecule has 1 aliphatic heterocycles. The maximum Gasteiger partial charge on any atom is 0.240 e. The molecule has 1 aliphatic rings. The van der Waals surface area contributed by atoms with Crippen LogP contribution in [0.1, 0.15) is 55.4 Å². The second-order valence-corrected chi connectivity index (χ2v) is 11.0. The summed E-state index contributed by atoms with van der Waals surface area (Å²) in [6, 6.07) is 22.9. The monoisotopic (exact) mass is 530 g/mol. The molecule has 0 N–H and O–H groups in total. The number of fused-ring (bicyclic) bond motifs is 2. The van der Waals surface area contributed by atoms with Crippen molar-refractivity contribution in [2.45, 2.75) is 48.2 Å². The number of nitrogens with zero attached hydrogens (tertiary/aromatic N) is 1. The van der Waals surface area contributed by atoms with Crippen molar-refractivity contribution in [3.8, 4) is 11.3 Å². The van der Waals surface area contributed by atoms with Crippen molar-refractivity contribution in [1.82, 2.24) is 0 Å². The third-order valence-corrected chi connectivity index (χ3v) is 8.43. The van der Waals surface area contributed by atoms with E-state index in [1.165, 1.54) is 18.2 Å². The topological polar surface area (TPSA) is 3.88 Å². The molecule has 0 atom stereocenters. The van der Waals surface area contributed by atoms with Gasteiger partial charge in [0.15, 0.2) is 6.20 Å². The van der Waals surface area contributed by atoms with Gasteiger partial charge in [0.2, 0.25) is 19.1 Å². The molecular weight excluding hydrogens is 480 g/mol. The molecule has 4 aromatic carbocycles. The van der Waals surface area contributed by atoms with Crippen LogP contribution >= 0.6 is 0 Å². The van der Waals surface area contributed by atoms with Crippen molar-refractivity contribution in [3.63, 3.8) is 0 Å². The van der Waals surface area contributed by atoms with Crippen LogP contribution in [0.4, 0.5) is 0 Å². The van der Waals surface area contributed by atoms with Crippen molar-refractivity contribution in [1.29, 1.82) is 0 Å². The van der Waals surface area contributed by atoms with Gasteiger partial charge in [-0.25, -0.2) is 4.57 Å². The van der Waals surface area contributed by atoms with Crippen molar-refractivity contribution >= 4 is 46.2 Å². The van der Waals surface area contributed by atoms with Crippen LogP contribution in [0.3, 0.4) is 0 Å². The lowest BCUT2D eigenvalue weighted by atomic mass is 9.20. The Morgan fingerprint density at radius 1 is 0.525 bits per heavy atom. The zero-order chi connectivity index (χ0) is 38.3. The van der Waals surface area contributed by atoms with Crippen LogP contribution in [0.25, 0.3) is 11.3 Å². The molecule has 1 aromatic heterocycles. The van der Waals surface area contributed by atoms with E-state index >= 15 is 0 Å². The Hall–Kier alpha value is -3.84. The van der Waals surface area contributed by atoms with E-state index < -0.39 is 40.8 Å².